The molecule has 0 radical (unpaired) electrons. The third-order valence-corrected chi connectivity index (χ3v) is 4.60. The quantitative estimate of drug-likeness (QED) is 0.906. The Balaban J connectivity index is 1.52. The SMILES string of the molecule is CCCc1nnc(N2CCC(N3CCC[C@@H](O)C3)CC2)o1. The Hall–Kier alpha value is -1.14. The minimum absolute atomic E-state index is 0.135. The van der Waals surface area contributed by atoms with Gasteiger partial charge in [-0.3, -0.25) is 4.90 Å². The highest BCUT2D eigenvalue weighted by Gasteiger charge is 2.29. The summed E-state index contributed by atoms with van der Waals surface area (Å²) >= 11 is 0. The van der Waals surface area contributed by atoms with Crippen LogP contribution < -0.4 is 4.90 Å². The number of rotatable bonds is 4. The molecule has 3 rings (SSSR count). The molecule has 1 atom stereocenters. The number of anilines is 1. The molecule has 0 bridgehead atoms. The minimum atomic E-state index is -0.135. The zero-order valence-corrected chi connectivity index (χ0v) is 12.9. The van der Waals surface area contributed by atoms with Crippen molar-refractivity contribution in [2.75, 3.05) is 31.1 Å². The summed E-state index contributed by atoms with van der Waals surface area (Å²) in [6, 6.07) is 1.27. The predicted octanol–water partition coefficient (Wildman–Crippen LogP) is 1.45. The van der Waals surface area contributed by atoms with E-state index in [2.05, 4.69) is 26.9 Å². The van der Waals surface area contributed by atoms with Gasteiger partial charge < -0.3 is 14.4 Å². The van der Waals surface area contributed by atoms with Gasteiger partial charge >= 0.3 is 6.01 Å². The van der Waals surface area contributed by atoms with Crippen LogP contribution in [-0.4, -0.2) is 58.5 Å². The van der Waals surface area contributed by atoms with Gasteiger partial charge in [-0.25, -0.2) is 0 Å². The van der Waals surface area contributed by atoms with Crippen LogP contribution in [0, 0.1) is 0 Å². The smallest absolute Gasteiger partial charge is 0.318 e. The number of likely N-dealkylation sites (tertiary alicyclic amines) is 1. The molecule has 0 aliphatic carbocycles. The first kappa shape index (κ1) is 14.8. The molecule has 21 heavy (non-hydrogen) atoms. The van der Waals surface area contributed by atoms with Gasteiger partial charge in [-0.15, -0.1) is 5.10 Å². The summed E-state index contributed by atoms with van der Waals surface area (Å²) in [6.07, 6.45) is 6.04. The van der Waals surface area contributed by atoms with Gasteiger partial charge in [-0.1, -0.05) is 12.0 Å². The van der Waals surface area contributed by atoms with Crippen LogP contribution in [0.5, 0.6) is 0 Å². The Bertz CT molecular complexity index is 443. The first-order valence-corrected chi connectivity index (χ1v) is 8.25. The molecule has 0 aromatic carbocycles. The third-order valence-electron chi connectivity index (χ3n) is 4.60. The molecule has 0 unspecified atom stereocenters. The van der Waals surface area contributed by atoms with E-state index in [0.29, 0.717) is 12.1 Å². The number of aryl methyl sites for hydroxylation is 1. The average Bonchev–Trinajstić information content (AvgIpc) is 2.97. The highest BCUT2D eigenvalue weighted by atomic mass is 16.4. The molecular weight excluding hydrogens is 268 g/mol. The van der Waals surface area contributed by atoms with Crippen LogP contribution in [0.4, 0.5) is 6.01 Å². The summed E-state index contributed by atoms with van der Waals surface area (Å²) in [5.41, 5.74) is 0. The van der Waals surface area contributed by atoms with Crippen molar-refractivity contribution in [1.29, 1.82) is 0 Å². The summed E-state index contributed by atoms with van der Waals surface area (Å²) in [4.78, 5) is 4.66. The molecule has 2 aliphatic heterocycles. The van der Waals surface area contributed by atoms with E-state index in [1.165, 1.54) is 0 Å². The van der Waals surface area contributed by atoms with Crippen LogP contribution in [0.3, 0.4) is 0 Å². The molecule has 2 aliphatic rings. The lowest BCUT2D eigenvalue weighted by Crippen LogP contribution is -2.49. The summed E-state index contributed by atoms with van der Waals surface area (Å²) in [5, 5.41) is 18.1. The molecule has 0 amide bonds. The van der Waals surface area contributed by atoms with Crippen LogP contribution in [0.2, 0.25) is 0 Å². The van der Waals surface area contributed by atoms with Crippen molar-refractivity contribution < 1.29 is 9.52 Å². The molecule has 6 heteroatoms. The Labute approximate surface area is 126 Å². The van der Waals surface area contributed by atoms with E-state index in [4.69, 9.17) is 4.42 Å². The van der Waals surface area contributed by atoms with Crippen LogP contribution in [0.25, 0.3) is 0 Å². The highest BCUT2D eigenvalue weighted by molar-refractivity contribution is 5.25. The maximum absolute atomic E-state index is 9.81. The maximum atomic E-state index is 9.81. The average molecular weight is 294 g/mol. The van der Waals surface area contributed by atoms with Crippen LogP contribution in [0.1, 0.15) is 44.9 Å². The van der Waals surface area contributed by atoms with Crippen LogP contribution in [-0.2, 0) is 6.42 Å². The Morgan fingerprint density at radius 1 is 1.19 bits per heavy atom. The maximum Gasteiger partial charge on any atom is 0.318 e. The van der Waals surface area contributed by atoms with Gasteiger partial charge in [-0.05, 0) is 38.6 Å². The summed E-state index contributed by atoms with van der Waals surface area (Å²) in [5.74, 6) is 0.744. The van der Waals surface area contributed by atoms with Crippen molar-refractivity contribution in [3.8, 4) is 0 Å². The van der Waals surface area contributed by atoms with Gasteiger partial charge in [0.1, 0.15) is 0 Å². The van der Waals surface area contributed by atoms with E-state index in [1.807, 2.05) is 0 Å². The van der Waals surface area contributed by atoms with E-state index in [-0.39, 0.29) is 6.10 Å². The largest absolute Gasteiger partial charge is 0.408 e. The lowest BCUT2D eigenvalue weighted by Gasteiger charge is -2.40. The van der Waals surface area contributed by atoms with Crippen molar-refractivity contribution in [1.82, 2.24) is 15.1 Å². The number of β-amino-alcohol motifs (C(OH)–C–C–N with tert-alkyl or cyclic N) is 1. The number of hydrogen-bond donors (Lipinski definition) is 1. The molecular formula is C15H26N4O2. The van der Waals surface area contributed by atoms with Crippen molar-refractivity contribution in [3.63, 3.8) is 0 Å². The van der Waals surface area contributed by atoms with Crippen LogP contribution >= 0.6 is 0 Å². The standard InChI is InChI=1S/C15H26N4O2/c1-2-4-14-16-17-15(21-14)18-9-6-12(7-10-18)19-8-3-5-13(20)11-19/h12-13,20H,2-11H2,1H3/t13-/m1/s1. The summed E-state index contributed by atoms with van der Waals surface area (Å²) in [6.45, 7) is 6.01. The first-order chi connectivity index (χ1) is 10.3. The number of hydrogen-bond acceptors (Lipinski definition) is 6. The molecule has 1 aromatic heterocycles. The van der Waals surface area contributed by atoms with E-state index >= 15 is 0 Å². The second-order valence-corrected chi connectivity index (χ2v) is 6.24. The van der Waals surface area contributed by atoms with Gasteiger partial charge in [0.2, 0.25) is 5.89 Å². The second-order valence-electron chi connectivity index (χ2n) is 6.24. The van der Waals surface area contributed by atoms with Gasteiger partial charge in [0.15, 0.2) is 0 Å². The normalized spacial score (nSPS) is 25.4. The van der Waals surface area contributed by atoms with Gasteiger partial charge in [0.05, 0.1) is 6.10 Å². The molecule has 3 heterocycles. The Morgan fingerprint density at radius 3 is 2.71 bits per heavy atom. The summed E-state index contributed by atoms with van der Waals surface area (Å²) < 4.78 is 5.71. The molecule has 118 valence electrons. The molecule has 2 fully saturated rings. The molecule has 1 N–H and O–H groups in total. The molecule has 0 saturated carbocycles. The molecule has 6 nitrogen and oxygen atoms in total. The van der Waals surface area contributed by atoms with E-state index < -0.39 is 0 Å². The number of aromatic nitrogens is 2. The fourth-order valence-corrected chi connectivity index (χ4v) is 3.42. The number of piperidine rings is 2. The van der Waals surface area contributed by atoms with Crippen molar-refractivity contribution in [2.45, 2.75) is 57.6 Å². The third kappa shape index (κ3) is 3.55. The fraction of sp³-hybridized carbons (Fsp3) is 0.867. The van der Waals surface area contributed by atoms with Gasteiger partial charge in [0.25, 0.3) is 0 Å². The van der Waals surface area contributed by atoms with Crippen molar-refractivity contribution in [3.05, 3.63) is 5.89 Å². The van der Waals surface area contributed by atoms with Crippen molar-refractivity contribution >= 4 is 6.01 Å². The number of nitrogens with zero attached hydrogens (tertiary/aromatic N) is 4. The van der Waals surface area contributed by atoms with Crippen LogP contribution in [0.15, 0.2) is 4.42 Å². The monoisotopic (exact) mass is 294 g/mol. The van der Waals surface area contributed by atoms with E-state index in [1.54, 1.807) is 0 Å². The number of aliphatic hydroxyl groups excluding tert-OH is 1. The van der Waals surface area contributed by atoms with Crippen molar-refractivity contribution in [2.24, 2.45) is 0 Å². The topological polar surface area (TPSA) is 65.6 Å². The molecule has 0 spiro atoms. The zero-order valence-electron chi connectivity index (χ0n) is 12.9. The fourth-order valence-electron chi connectivity index (χ4n) is 3.42. The lowest BCUT2D eigenvalue weighted by atomic mass is 9.99. The Morgan fingerprint density at radius 2 is 2.00 bits per heavy atom. The van der Waals surface area contributed by atoms with Gasteiger partial charge in [0, 0.05) is 32.1 Å². The highest BCUT2D eigenvalue weighted by Crippen LogP contribution is 2.24. The zero-order chi connectivity index (χ0) is 14.7. The minimum Gasteiger partial charge on any atom is -0.408 e. The first-order valence-electron chi connectivity index (χ1n) is 8.25. The number of aliphatic hydroxyl groups is 1. The van der Waals surface area contributed by atoms with Gasteiger partial charge in [-0.2, -0.15) is 0 Å². The lowest BCUT2D eigenvalue weighted by molar-refractivity contribution is 0.0396. The summed E-state index contributed by atoms with van der Waals surface area (Å²) in [7, 11) is 0. The molecule has 2 saturated heterocycles. The molecule has 1 aromatic rings. The predicted molar refractivity (Wildman–Crippen MR) is 80.3 cm³/mol. The van der Waals surface area contributed by atoms with E-state index in [9.17, 15) is 5.11 Å². The Kier molecular flexibility index (Phi) is 4.75. The second kappa shape index (κ2) is 6.75. The van der Waals surface area contributed by atoms with E-state index in [0.717, 1.165) is 70.6 Å².